The number of rotatable bonds is 9. The molecule has 1 heterocycles. The van der Waals surface area contributed by atoms with Gasteiger partial charge in [0.15, 0.2) is 0 Å². The zero-order chi connectivity index (χ0) is 14.1. The highest BCUT2D eigenvalue weighted by Crippen LogP contribution is 2.15. The highest BCUT2D eigenvalue weighted by Gasteiger charge is 2.03. The van der Waals surface area contributed by atoms with Crippen LogP contribution in [-0.2, 0) is 12.3 Å². The van der Waals surface area contributed by atoms with E-state index >= 15 is 0 Å². The Balaban J connectivity index is 2.17. The predicted molar refractivity (Wildman–Crippen MR) is 81.6 cm³/mol. The first-order valence-corrected chi connectivity index (χ1v) is 7.44. The second-order valence-electron chi connectivity index (χ2n) is 4.42. The van der Waals surface area contributed by atoms with E-state index in [0.717, 1.165) is 41.9 Å². The van der Waals surface area contributed by atoms with Crippen molar-refractivity contribution in [2.24, 2.45) is 5.73 Å². The number of nitrogens with one attached hydrogen (secondary N) is 2. The molecule has 4 N–H and O–H groups in total. The van der Waals surface area contributed by atoms with Crippen LogP contribution in [-0.4, -0.2) is 38.3 Å². The molecule has 0 atom stereocenters. The van der Waals surface area contributed by atoms with Crippen LogP contribution in [0.2, 0.25) is 0 Å². The molecule has 0 aliphatic rings. The monoisotopic (exact) mass is 284 g/mol. The van der Waals surface area contributed by atoms with Crippen molar-refractivity contribution in [1.29, 1.82) is 0 Å². The summed E-state index contributed by atoms with van der Waals surface area (Å²) in [5, 5.41) is 6.18. The lowest BCUT2D eigenvalue weighted by Crippen LogP contribution is -2.26. The van der Waals surface area contributed by atoms with Crippen molar-refractivity contribution in [2.75, 3.05) is 33.4 Å². The standard InChI is InChI=1S/C13H24N4OS/c1-15-13(8-14)16-6-7-19-10-12-5-4-11(18-12)9-17(2)3/h4-5,8,15-16H,6-7,9-10,14H2,1-3H3/b13-8+. The molecule has 0 saturated heterocycles. The molecular weight excluding hydrogens is 260 g/mol. The van der Waals surface area contributed by atoms with Crippen LogP contribution in [0.15, 0.2) is 28.6 Å². The third kappa shape index (κ3) is 6.45. The van der Waals surface area contributed by atoms with Crippen LogP contribution >= 0.6 is 11.8 Å². The number of furan rings is 1. The molecule has 1 aromatic heterocycles. The van der Waals surface area contributed by atoms with E-state index < -0.39 is 0 Å². The van der Waals surface area contributed by atoms with Gasteiger partial charge in [0.2, 0.25) is 0 Å². The minimum Gasteiger partial charge on any atom is -0.464 e. The normalized spacial score (nSPS) is 11.9. The molecule has 0 fully saturated rings. The number of nitrogens with two attached hydrogens (primary N) is 1. The maximum Gasteiger partial charge on any atom is 0.118 e. The molecule has 0 bridgehead atoms. The van der Waals surface area contributed by atoms with Crippen molar-refractivity contribution in [1.82, 2.24) is 15.5 Å². The van der Waals surface area contributed by atoms with Crippen molar-refractivity contribution in [2.45, 2.75) is 12.3 Å². The Morgan fingerprint density at radius 2 is 2.16 bits per heavy atom. The van der Waals surface area contributed by atoms with Gasteiger partial charge < -0.3 is 25.7 Å². The molecule has 0 saturated carbocycles. The number of nitrogens with zero attached hydrogens (tertiary/aromatic N) is 1. The summed E-state index contributed by atoms with van der Waals surface area (Å²) in [5.41, 5.74) is 5.42. The average Bonchev–Trinajstić information content (AvgIpc) is 2.80. The van der Waals surface area contributed by atoms with Gasteiger partial charge in [0.05, 0.1) is 12.3 Å². The van der Waals surface area contributed by atoms with Gasteiger partial charge in [-0.3, -0.25) is 0 Å². The van der Waals surface area contributed by atoms with Gasteiger partial charge in [-0.05, 0) is 26.2 Å². The molecule has 6 heteroatoms. The minimum absolute atomic E-state index is 0.846. The van der Waals surface area contributed by atoms with Crippen LogP contribution in [0.1, 0.15) is 11.5 Å². The van der Waals surface area contributed by atoms with E-state index in [0.29, 0.717) is 0 Å². The maximum absolute atomic E-state index is 5.74. The van der Waals surface area contributed by atoms with Gasteiger partial charge in [-0.1, -0.05) is 0 Å². The van der Waals surface area contributed by atoms with Gasteiger partial charge in [-0.15, -0.1) is 0 Å². The van der Waals surface area contributed by atoms with E-state index in [4.69, 9.17) is 10.2 Å². The molecule has 1 rings (SSSR count). The first-order valence-electron chi connectivity index (χ1n) is 6.29. The summed E-state index contributed by atoms with van der Waals surface area (Å²) in [7, 11) is 5.91. The maximum atomic E-state index is 5.74. The highest BCUT2D eigenvalue weighted by molar-refractivity contribution is 7.98. The summed E-state index contributed by atoms with van der Waals surface area (Å²) in [6.07, 6.45) is 1.53. The molecular formula is C13H24N4OS. The van der Waals surface area contributed by atoms with Crippen LogP contribution in [0.3, 0.4) is 0 Å². The molecule has 0 aromatic carbocycles. The van der Waals surface area contributed by atoms with E-state index in [-0.39, 0.29) is 0 Å². The number of thioether (sulfide) groups is 1. The molecule has 19 heavy (non-hydrogen) atoms. The van der Waals surface area contributed by atoms with E-state index in [2.05, 4.69) is 21.6 Å². The second-order valence-corrected chi connectivity index (χ2v) is 5.52. The molecule has 5 nitrogen and oxygen atoms in total. The molecule has 0 amide bonds. The van der Waals surface area contributed by atoms with Gasteiger partial charge in [0, 0.05) is 25.5 Å². The van der Waals surface area contributed by atoms with Crippen LogP contribution < -0.4 is 16.4 Å². The van der Waals surface area contributed by atoms with Crippen molar-refractivity contribution < 1.29 is 4.42 Å². The Bertz CT molecular complexity index is 390. The molecule has 108 valence electrons. The van der Waals surface area contributed by atoms with Crippen molar-refractivity contribution >= 4 is 11.8 Å². The number of hydrogen-bond acceptors (Lipinski definition) is 6. The first kappa shape index (κ1) is 15.8. The molecule has 0 aliphatic carbocycles. The number of hydrogen-bond donors (Lipinski definition) is 3. The van der Waals surface area contributed by atoms with Crippen LogP contribution in [0, 0.1) is 0 Å². The topological polar surface area (TPSA) is 66.5 Å². The Morgan fingerprint density at radius 3 is 2.79 bits per heavy atom. The zero-order valence-electron chi connectivity index (χ0n) is 11.9. The first-order chi connectivity index (χ1) is 9.15. The summed E-state index contributed by atoms with van der Waals surface area (Å²) in [6, 6.07) is 4.10. The third-order valence-corrected chi connectivity index (χ3v) is 3.41. The second kappa shape index (κ2) is 8.77. The fourth-order valence-electron chi connectivity index (χ4n) is 1.56. The summed E-state index contributed by atoms with van der Waals surface area (Å²) >= 11 is 1.84. The van der Waals surface area contributed by atoms with E-state index in [1.165, 1.54) is 6.20 Å². The average molecular weight is 284 g/mol. The largest absolute Gasteiger partial charge is 0.464 e. The zero-order valence-corrected chi connectivity index (χ0v) is 12.7. The lowest BCUT2D eigenvalue weighted by molar-refractivity contribution is 0.344. The molecule has 1 aromatic rings. The Labute approximate surface area is 119 Å². The molecule has 0 unspecified atom stereocenters. The van der Waals surface area contributed by atoms with Crippen molar-refractivity contribution in [3.8, 4) is 0 Å². The Hall–Kier alpha value is -1.27. The van der Waals surface area contributed by atoms with Crippen molar-refractivity contribution in [3.05, 3.63) is 35.7 Å². The predicted octanol–water partition coefficient (Wildman–Crippen LogP) is 1.14. The SMILES string of the molecule is CN/C(=C\N)NCCSCc1ccc(CN(C)C)o1. The Kier molecular flexibility index (Phi) is 7.28. The Morgan fingerprint density at radius 1 is 1.42 bits per heavy atom. The van der Waals surface area contributed by atoms with Crippen molar-refractivity contribution in [3.63, 3.8) is 0 Å². The molecule has 0 radical (unpaired) electrons. The van der Waals surface area contributed by atoms with Crippen LogP contribution in [0.25, 0.3) is 0 Å². The lowest BCUT2D eigenvalue weighted by atomic mass is 10.4. The van der Waals surface area contributed by atoms with Gasteiger partial charge in [-0.25, -0.2) is 0 Å². The van der Waals surface area contributed by atoms with Gasteiger partial charge in [0.25, 0.3) is 0 Å². The van der Waals surface area contributed by atoms with Gasteiger partial charge in [-0.2, -0.15) is 11.8 Å². The minimum atomic E-state index is 0.846. The highest BCUT2D eigenvalue weighted by atomic mass is 32.2. The fourth-order valence-corrected chi connectivity index (χ4v) is 2.30. The van der Waals surface area contributed by atoms with Gasteiger partial charge >= 0.3 is 0 Å². The van der Waals surface area contributed by atoms with E-state index in [1.54, 1.807) is 0 Å². The summed E-state index contributed by atoms with van der Waals surface area (Å²) in [6.45, 7) is 1.72. The smallest absolute Gasteiger partial charge is 0.118 e. The van der Waals surface area contributed by atoms with Crippen LogP contribution in [0.4, 0.5) is 0 Å². The summed E-state index contributed by atoms with van der Waals surface area (Å²) in [4.78, 5) is 2.10. The van der Waals surface area contributed by atoms with E-state index in [9.17, 15) is 0 Å². The third-order valence-electron chi connectivity index (χ3n) is 2.43. The summed E-state index contributed by atoms with van der Waals surface area (Å²) < 4.78 is 5.74. The van der Waals surface area contributed by atoms with Gasteiger partial charge in [0.1, 0.15) is 17.3 Å². The van der Waals surface area contributed by atoms with E-state index in [1.807, 2.05) is 39.0 Å². The van der Waals surface area contributed by atoms with Crippen LogP contribution in [0.5, 0.6) is 0 Å². The summed E-state index contributed by atoms with van der Waals surface area (Å²) in [5.74, 6) is 4.80. The fraction of sp³-hybridized carbons (Fsp3) is 0.538. The molecule has 0 aliphatic heterocycles. The molecule has 0 spiro atoms. The quantitative estimate of drug-likeness (QED) is 0.591. The lowest BCUT2D eigenvalue weighted by Gasteiger charge is -2.08.